The topological polar surface area (TPSA) is 72.9 Å². The molecule has 0 spiro atoms. The Morgan fingerprint density at radius 3 is 2.68 bits per heavy atom. The Morgan fingerprint density at radius 1 is 1.14 bits per heavy atom. The van der Waals surface area contributed by atoms with E-state index in [1.807, 2.05) is 30.3 Å². The fourth-order valence-corrected chi connectivity index (χ4v) is 3.94. The molecule has 2 aromatic carbocycles. The van der Waals surface area contributed by atoms with E-state index in [4.69, 9.17) is 9.47 Å². The standard InChI is InChI=1S/C22H21NO5/c1-27-22(26)18-8-5-11-23(18)20(24)15-9-10-17-16(12-15)13-19(28-21(17)25)14-6-3-2-4-7-14/h2-4,6-7,9-10,12,18-19H,5,8,11,13H2,1H3/t18-,19+/m0/s1. The predicted molar refractivity (Wildman–Crippen MR) is 101 cm³/mol. The van der Waals surface area contributed by atoms with E-state index in [0.29, 0.717) is 30.5 Å². The van der Waals surface area contributed by atoms with E-state index in [2.05, 4.69) is 0 Å². The number of esters is 2. The fraction of sp³-hybridized carbons (Fsp3) is 0.318. The molecule has 1 saturated heterocycles. The maximum absolute atomic E-state index is 13.0. The smallest absolute Gasteiger partial charge is 0.339 e. The van der Waals surface area contributed by atoms with E-state index in [1.165, 1.54) is 7.11 Å². The Bertz CT molecular complexity index is 924. The monoisotopic (exact) mass is 379 g/mol. The van der Waals surface area contributed by atoms with Gasteiger partial charge in [-0.3, -0.25) is 4.79 Å². The quantitative estimate of drug-likeness (QED) is 0.767. The summed E-state index contributed by atoms with van der Waals surface area (Å²) in [7, 11) is 1.33. The predicted octanol–water partition coefficient (Wildman–Crippen LogP) is 2.92. The van der Waals surface area contributed by atoms with Crippen LogP contribution in [0.1, 0.15) is 50.8 Å². The van der Waals surface area contributed by atoms with Gasteiger partial charge in [-0.25, -0.2) is 9.59 Å². The number of benzene rings is 2. The summed E-state index contributed by atoms with van der Waals surface area (Å²) >= 11 is 0. The molecule has 0 saturated carbocycles. The first kappa shape index (κ1) is 18.2. The summed E-state index contributed by atoms with van der Waals surface area (Å²) in [5.41, 5.74) is 2.65. The Labute approximate surface area is 163 Å². The van der Waals surface area contributed by atoms with Crippen LogP contribution >= 0.6 is 0 Å². The van der Waals surface area contributed by atoms with E-state index in [1.54, 1.807) is 23.1 Å². The molecule has 2 aliphatic rings. The lowest BCUT2D eigenvalue weighted by atomic mass is 9.93. The molecule has 6 heteroatoms. The Morgan fingerprint density at radius 2 is 1.93 bits per heavy atom. The minimum Gasteiger partial charge on any atom is -0.467 e. The zero-order valence-electron chi connectivity index (χ0n) is 15.6. The van der Waals surface area contributed by atoms with Gasteiger partial charge in [0.15, 0.2) is 0 Å². The number of cyclic esters (lactones) is 1. The lowest BCUT2D eigenvalue weighted by molar-refractivity contribution is -0.145. The number of amides is 1. The third-order valence-corrected chi connectivity index (χ3v) is 5.38. The van der Waals surface area contributed by atoms with E-state index < -0.39 is 12.0 Å². The molecule has 2 aromatic rings. The van der Waals surface area contributed by atoms with Crippen LogP contribution in [-0.2, 0) is 20.7 Å². The van der Waals surface area contributed by atoms with Crippen LogP contribution in [0, 0.1) is 0 Å². The number of rotatable bonds is 3. The molecule has 0 aliphatic carbocycles. The summed E-state index contributed by atoms with van der Waals surface area (Å²) in [6, 6.07) is 14.0. The summed E-state index contributed by atoms with van der Waals surface area (Å²) in [6.45, 7) is 0.518. The summed E-state index contributed by atoms with van der Waals surface area (Å²) in [4.78, 5) is 38.9. The van der Waals surface area contributed by atoms with Crippen molar-refractivity contribution in [3.63, 3.8) is 0 Å². The number of hydrogen-bond acceptors (Lipinski definition) is 5. The minimum atomic E-state index is -0.546. The lowest BCUT2D eigenvalue weighted by Gasteiger charge is -2.26. The van der Waals surface area contributed by atoms with Crippen molar-refractivity contribution < 1.29 is 23.9 Å². The molecule has 0 aromatic heterocycles. The van der Waals surface area contributed by atoms with Crippen LogP contribution in [0.4, 0.5) is 0 Å². The molecule has 28 heavy (non-hydrogen) atoms. The first-order valence-electron chi connectivity index (χ1n) is 9.36. The molecular formula is C22H21NO5. The van der Waals surface area contributed by atoms with Crippen LogP contribution < -0.4 is 0 Å². The first-order valence-corrected chi connectivity index (χ1v) is 9.36. The van der Waals surface area contributed by atoms with Crippen LogP contribution in [0.2, 0.25) is 0 Å². The summed E-state index contributed by atoms with van der Waals surface area (Å²) in [5.74, 6) is -0.995. The third kappa shape index (κ3) is 3.26. The van der Waals surface area contributed by atoms with Crippen LogP contribution in [0.3, 0.4) is 0 Å². The summed E-state index contributed by atoms with van der Waals surface area (Å²) < 4.78 is 10.4. The van der Waals surface area contributed by atoms with Crippen molar-refractivity contribution in [3.8, 4) is 0 Å². The maximum Gasteiger partial charge on any atom is 0.339 e. The second-order valence-corrected chi connectivity index (χ2v) is 7.06. The fourth-order valence-electron chi connectivity index (χ4n) is 3.94. The third-order valence-electron chi connectivity index (χ3n) is 5.38. The van der Waals surface area contributed by atoms with Crippen molar-refractivity contribution in [2.45, 2.75) is 31.4 Å². The van der Waals surface area contributed by atoms with Crippen molar-refractivity contribution in [1.82, 2.24) is 4.90 Å². The molecule has 1 amide bonds. The molecule has 2 heterocycles. The number of nitrogens with zero attached hydrogens (tertiary/aromatic N) is 1. The van der Waals surface area contributed by atoms with Gasteiger partial charge in [0.25, 0.3) is 5.91 Å². The highest BCUT2D eigenvalue weighted by Gasteiger charge is 2.36. The van der Waals surface area contributed by atoms with Gasteiger partial charge in [0.2, 0.25) is 0 Å². The highest BCUT2D eigenvalue weighted by Crippen LogP contribution is 2.31. The van der Waals surface area contributed by atoms with Gasteiger partial charge in [0, 0.05) is 18.5 Å². The molecule has 144 valence electrons. The van der Waals surface area contributed by atoms with Gasteiger partial charge in [-0.2, -0.15) is 0 Å². The molecule has 0 radical (unpaired) electrons. The normalized spacial score (nSPS) is 21.0. The van der Waals surface area contributed by atoms with Crippen molar-refractivity contribution >= 4 is 17.8 Å². The van der Waals surface area contributed by atoms with Gasteiger partial charge in [0.05, 0.1) is 12.7 Å². The zero-order valence-corrected chi connectivity index (χ0v) is 15.6. The Hall–Kier alpha value is -3.15. The molecule has 2 atom stereocenters. The molecule has 0 N–H and O–H groups in total. The zero-order chi connectivity index (χ0) is 19.7. The maximum atomic E-state index is 13.0. The van der Waals surface area contributed by atoms with Crippen molar-refractivity contribution in [3.05, 3.63) is 70.8 Å². The molecule has 6 nitrogen and oxygen atoms in total. The minimum absolute atomic E-state index is 0.217. The van der Waals surface area contributed by atoms with Crippen molar-refractivity contribution in [2.75, 3.05) is 13.7 Å². The first-order chi connectivity index (χ1) is 13.6. The van der Waals surface area contributed by atoms with Gasteiger partial charge >= 0.3 is 11.9 Å². The van der Waals surface area contributed by atoms with Crippen molar-refractivity contribution in [1.29, 1.82) is 0 Å². The number of carbonyl (C=O) groups is 3. The molecular weight excluding hydrogens is 358 g/mol. The average Bonchev–Trinajstić information content (AvgIpc) is 3.22. The second kappa shape index (κ2) is 7.46. The lowest BCUT2D eigenvalue weighted by Crippen LogP contribution is -2.41. The Balaban J connectivity index is 1.61. The number of methoxy groups -OCH3 is 1. The highest BCUT2D eigenvalue weighted by atomic mass is 16.5. The van der Waals surface area contributed by atoms with E-state index in [-0.39, 0.29) is 18.0 Å². The molecule has 2 aliphatic heterocycles. The van der Waals surface area contributed by atoms with Gasteiger partial charge in [0.1, 0.15) is 12.1 Å². The summed E-state index contributed by atoms with van der Waals surface area (Å²) in [5, 5.41) is 0. The van der Waals surface area contributed by atoms with Crippen LogP contribution in [-0.4, -0.2) is 42.4 Å². The SMILES string of the molecule is COC(=O)[C@@H]1CCCN1C(=O)c1ccc2c(c1)C[C@H](c1ccccc1)OC2=O. The number of fused-ring (bicyclic) bond motifs is 1. The van der Waals surface area contributed by atoms with Gasteiger partial charge in [-0.05, 0) is 42.2 Å². The average molecular weight is 379 g/mol. The van der Waals surface area contributed by atoms with Crippen LogP contribution in [0.5, 0.6) is 0 Å². The van der Waals surface area contributed by atoms with Gasteiger partial charge in [-0.15, -0.1) is 0 Å². The van der Waals surface area contributed by atoms with E-state index >= 15 is 0 Å². The molecule has 4 rings (SSSR count). The number of hydrogen-bond donors (Lipinski definition) is 0. The molecule has 1 fully saturated rings. The van der Waals surface area contributed by atoms with E-state index in [9.17, 15) is 14.4 Å². The van der Waals surface area contributed by atoms with Crippen LogP contribution in [0.15, 0.2) is 48.5 Å². The Kier molecular flexibility index (Phi) is 4.86. The van der Waals surface area contributed by atoms with E-state index in [0.717, 1.165) is 17.5 Å². The van der Waals surface area contributed by atoms with Crippen molar-refractivity contribution in [2.24, 2.45) is 0 Å². The van der Waals surface area contributed by atoms with Gasteiger partial charge < -0.3 is 14.4 Å². The van der Waals surface area contributed by atoms with Crippen LogP contribution in [0.25, 0.3) is 0 Å². The highest BCUT2D eigenvalue weighted by molar-refractivity contribution is 5.99. The molecule has 0 unspecified atom stereocenters. The largest absolute Gasteiger partial charge is 0.467 e. The number of carbonyl (C=O) groups excluding carboxylic acids is 3. The molecule has 0 bridgehead atoms. The number of ether oxygens (including phenoxy) is 2. The summed E-state index contributed by atoms with van der Waals surface area (Å²) in [6.07, 6.45) is 1.50. The number of likely N-dealkylation sites (tertiary alicyclic amines) is 1. The second-order valence-electron chi connectivity index (χ2n) is 7.06. The van der Waals surface area contributed by atoms with Gasteiger partial charge in [-0.1, -0.05) is 30.3 Å².